The second kappa shape index (κ2) is 9.88. The van der Waals surface area contributed by atoms with Crippen molar-refractivity contribution in [3.8, 4) is 0 Å². The first-order valence-electron chi connectivity index (χ1n) is 9.96. The highest BCUT2D eigenvalue weighted by Gasteiger charge is 2.37. The van der Waals surface area contributed by atoms with Gasteiger partial charge in [0.15, 0.2) is 6.61 Å². The van der Waals surface area contributed by atoms with Gasteiger partial charge in [-0.25, -0.2) is 4.79 Å². The van der Waals surface area contributed by atoms with Gasteiger partial charge >= 0.3 is 11.9 Å². The first-order chi connectivity index (χ1) is 14.9. The SMILES string of the molecule is CCc1ccccc1N1C[C@H](C(=O)OCC(=O)Nc2ccc(C(=O)OC)cc2)CC1=O. The number of hydrogen-bond donors (Lipinski definition) is 1. The highest BCUT2D eigenvalue weighted by Crippen LogP contribution is 2.29. The van der Waals surface area contributed by atoms with E-state index < -0.39 is 30.4 Å². The smallest absolute Gasteiger partial charge is 0.337 e. The van der Waals surface area contributed by atoms with Gasteiger partial charge < -0.3 is 19.7 Å². The molecule has 0 aromatic heterocycles. The number of hydrogen-bond acceptors (Lipinski definition) is 6. The van der Waals surface area contributed by atoms with Gasteiger partial charge in [-0.3, -0.25) is 14.4 Å². The van der Waals surface area contributed by atoms with E-state index in [-0.39, 0.29) is 18.9 Å². The van der Waals surface area contributed by atoms with Crippen LogP contribution in [0.1, 0.15) is 29.3 Å². The second-order valence-electron chi connectivity index (χ2n) is 7.11. The van der Waals surface area contributed by atoms with Gasteiger partial charge in [-0.1, -0.05) is 25.1 Å². The zero-order chi connectivity index (χ0) is 22.4. The van der Waals surface area contributed by atoms with Crippen LogP contribution in [0.15, 0.2) is 48.5 Å². The summed E-state index contributed by atoms with van der Waals surface area (Å²) in [5.74, 6) is -2.34. The van der Waals surface area contributed by atoms with E-state index in [1.807, 2.05) is 31.2 Å². The maximum Gasteiger partial charge on any atom is 0.337 e. The van der Waals surface area contributed by atoms with Crippen molar-refractivity contribution in [2.24, 2.45) is 5.92 Å². The number of rotatable bonds is 7. The molecule has 1 aliphatic heterocycles. The van der Waals surface area contributed by atoms with Gasteiger partial charge in [-0.15, -0.1) is 0 Å². The lowest BCUT2D eigenvalue weighted by Gasteiger charge is -2.19. The molecule has 31 heavy (non-hydrogen) atoms. The van der Waals surface area contributed by atoms with Gasteiger partial charge in [0.1, 0.15) is 0 Å². The fourth-order valence-electron chi connectivity index (χ4n) is 3.43. The minimum absolute atomic E-state index is 0.0491. The van der Waals surface area contributed by atoms with Crippen molar-refractivity contribution in [2.45, 2.75) is 19.8 Å². The highest BCUT2D eigenvalue weighted by atomic mass is 16.5. The van der Waals surface area contributed by atoms with Gasteiger partial charge in [0.2, 0.25) is 5.91 Å². The molecule has 1 aliphatic rings. The zero-order valence-corrected chi connectivity index (χ0v) is 17.4. The number of methoxy groups -OCH3 is 1. The Morgan fingerprint density at radius 2 is 1.81 bits per heavy atom. The lowest BCUT2D eigenvalue weighted by atomic mass is 10.1. The molecule has 0 bridgehead atoms. The average Bonchev–Trinajstić information content (AvgIpc) is 3.18. The molecule has 0 unspecified atom stereocenters. The molecule has 8 nitrogen and oxygen atoms in total. The van der Waals surface area contributed by atoms with Crippen molar-refractivity contribution >= 4 is 35.1 Å². The van der Waals surface area contributed by atoms with Crippen LogP contribution in [-0.4, -0.2) is 44.0 Å². The molecule has 0 radical (unpaired) electrons. The third kappa shape index (κ3) is 5.28. The Bertz CT molecular complexity index is 986. The molecule has 2 aromatic carbocycles. The Hall–Kier alpha value is -3.68. The number of nitrogens with zero attached hydrogens (tertiary/aromatic N) is 1. The molecule has 0 aliphatic carbocycles. The van der Waals surface area contributed by atoms with Crippen LogP contribution in [0, 0.1) is 5.92 Å². The molecular weight excluding hydrogens is 400 g/mol. The summed E-state index contributed by atoms with van der Waals surface area (Å²) < 4.78 is 9.74. The highest BCUT2D eigenvalue weighted by molar-refractivity contribution is 6.00. The predicted molar refractivity (Wildman–Crippen MR) is 114 cm³/mol. The Morgan fingerprint density at radius 1 is 1.10 bits per heavy atom. The molecule has 2 aromatic rings. The maximum absolute atomic E-state index is 12.4. The van der Waals surface area contributed by atoms with Crippen LogP contribution in [0.3, 0.4) is 0 Å². The molecular formula is C23H24N2O6. The zero-order valence-electron chi connectivity index (χ0n) is 17.4. The van der Waals surface area contributed by atoms with Crippen LogP contribution in [0.2, 0.25) is 0 Å². The van der Waals surface area contributed by atoms with E-state index in [1.54, 1.807) is 17.0 Å². The summed E-state index contributed by atoms with van der Waals surface area (Å²) in [7, 11) is 1.28. The number of ether oxygens (including phenoxy) is 2. The molecule has 1 N–H and O–H groups in total. The van der Waals surface area contributed by atoms with Gasteiger partial charge in [0, 0.05) is 24.3 Å². The molecule has 8 heteroatoms. The third-order valence-corrected chi connectivity index (χ3v) is 5.06. The van der Waals surface area contributed by atoms with E-state index in [9.17, 15) is 19.2 Å². The molecule has 1 fully saturated rings. The number of aryl methyl sites for hydroxylation is 1. The summed E-state index contributed by atoms with van der Waals surface area (Å²) >= 11 is 0. The number of amides is 2. The molecule has 0 saturated carbocycles. The standard InChI is InChI=1S/C23H24N2O6/c1-3-15-6-4-5-7-19(15)25-13-17(12-21(25)27)23(29)31-14-20(26)24-18-10-8-16(9-11-18)22(28)30-2/h4-11,17H,3,12-14H2,1-2H3,(H,24,26)/t17-/m1/s1. The van der Waals surface area contributed by atoms with Crippen LogP contribution < -0.4 is 10.2 Å². The Labute approximate surface area is 180 Å². The van der Waals surface area contributed by atoms with Gasteiger partial charge in [0.25, 0.3) is 5.91 Å². The largest absolute Gasteiger partial charge is 0.465 e. The number of carbonyl (C=O) groups is 4. The van der Waals surface area contributed by atoms with E-state index in [1.165, 1.54) is 19.2 Å². The van der Waals surface area contributed by atoms with Crippen molar-refractivity contribution in [2.75, 3.05) is 30.5 Å². The number of carbonyl (C=O) groups excluding carboxylic acids is 4. The summed E-state index contributed by atoms with van der Waals surface area (Å²) in [5.41, 5.74) is 2.64. The van der Waals surface area contributed by atoms with Crippen molar-refractivity contribution in [1.82, 2.24) is 0 Å². The normalized spacial score (nSPS) is 15.5. The predicted octanol–water partition coefficient (Wildman–Crippen LogP) is 2.57. The number of nitrogens with one attached hydrogen (secondary N) is 1. The molecule has 162 valence electrons. The fraction of sp³-hybridized carbons (Fsp3) is 0.304. The number of benzene rings is 2. The average molecular weight is 424 g/mol. The number of esters is 2. The minimum atomic E-state index is -0.621. The topological polar surface area (TPSA) is 102 Å². The van der Waals surface area contributed by atoms with E-state index >= 15 is 0 Å². The van der Waals surface area contributed by atoms with Crippen molar-refractivity contribution in [3.05, 3.63) is 59.7 Å². The van der Waals surface area contributed by atoms with Gasteiger partial charge in [-0.2, -0.15) is 0 Å². The van der Waals surface area contributed by atoms with Crippen molar-refractivity contribution < 1.29 is 28.7 Å². The minimum Gasteiger partial charge on any atom is -0.465 e. The second-order valence-corrected chi connectivity index (χ2v) is 7.11. The molecule has 1 heterocycles. The van der Waals surface area contributed by atoms with Crippen LogP contribution in [0.25, 0.3) is 0 Å². The molecule has 0 spiro atoms. The Kier molecular flexibility index (Phi) is 7.02. The number of para-hydroxylation sites is 1. The summed E-state index contributed by atoms with van der Waals surface area (Å²) in [6, 6.07) is 13.7. The van der Waals surface area contributed by atoms with E-state index in [2.05, 4.69) is 10.1 Å². The van der Waals surface area contributed by atoms with Crippen molar-refractivity contribution in [3.63, 3.8) is 0 Å². The molecule has 3 rings (SSSR count). The van der Waals surface area contributed by atoms with Crippen molar-refractivity contribution in [1.29, 1.82) is 0 Å². The molecule has 1 atom stereocenters. The van der Waals surface area contributed by atoms with Gasteiger partial charge in [0.05, 0.1) is 18.6 Å². The lowest BCUT2D eigenvalue weighted by molar-refractivity contribution is -0.151. The molecule has 1 saturated heterocycles. The first-order valence-corrected chi connectivity index (χ1v) is 9.96. The van der Waals surface area contributed by atoms with E-state index in [0.29, 0.717) is 11.3 Å². The summed E-state index contributed by atoms with van der Waals surface area (Å²) in [4.78, 5) is 50.0. The summed E-state index contributed by atoms with van der Waals surface area (Å²) in [6.07, 6.45) is 0.823. The van der Waals surface area contributed by atoms with Crippen LogP contribution in [0.5, 0.6) is 0 Å². The maximum atomic E-state index is 12.4. The van der Waals surface area contributed by atoms with Gasteiger partial charge in [-0.05, 0) is 42.3 Å². The monoisotopic (exact) mass is 424 g/mol. The Balaban J connectivity index is 1.52. The Morgan fingerprint density at radius 3 is 2.48 bits per heavy atom. The van der Waals surface area contributed by atoms with Crippen LogP contribution in [-0.2, 0) is 30.3 Å². The lowest BCUT2D eigenvalue weighted by Crippen LogP contribution is -2.28. The quantitative estimate of drug-likeness (QED) is 0.686. The van der Waals surface area contributed by atoms with E-state index in [4.69, 9.17) is 4.74 Å². The molecule has 2 amide bonds. The number of anilines is 2. The first kappa shape index (κ1) is 22.0. The fourth-order valence-corrected chi connectivity index (χ4v) is 3.43. The van der Waals surface area contributed by atoms with E-state index in [0.717, 1.165) is 17.7 Å². The van der Waals surface area contributed by atoms with Crippen LogP contribution >= 0.6 is 0 Å². The van der Waals surface area contributed by atoms with Crippen LogP contribution in [0.4, 0.5) is 11.4 Å². The summed E-state index contributed by atoms with van der Waals surface area (Å²) in [6.45, 7) is 1.77. The summed E-state index contributed by atoms with van der Waals surface area (Å²) in [5, 5.41) is 2.58. The third-order valence-electron chi connectivity index (χ3n) is 5.06.